The molecule has 0 bridgehead atoms. The molecule has 0 fully saturated rings. The number of nitrogens with zero attached hydrogens (tertiary/aromatic N) is 3. The number of aryl methyl sites for hydroxylation is 1. The molecule has 0 aliphatic rings. The van der Waals surface area contributed by atoms with Gasteiger partial charge in [0, 0.05) is 30.9 Å². The van der Waals surface area contributed by atoms with Crippen LogP contribution in [0.1, 0.15) is 38.8 Å². The minimum absolute atomic E-state index is 0.124. The van der Waals surface area contributed by atoms with Gasteiger partial charge in [0.25, 0.3) is 10.0 Å². The first-order valence-electron chi connectivity index (χ1n) is 8.78. The monoisotopic (exact) mass is 373 g/mol. The van der Waals surface area contributed by atoms with Crippen molar-refractivity contribution in [3.05, 3.63) is 59.9 Å². The fourth-order valence-corrected chi connectivity index (χ4v) is 3.97. The van der Waals surface area contributed by atoms with Crippen molar-refractivity contribution < 1.29 is 8.42 Å². The van der Waals surface area contributed by atoms with E-state index in [4.69, 9.17) is 0 Å². The SMILES string of the molecule is Cc1ccc(S(=O)(=O)/N=C(/Cc2cccnc2)N(C(C)C)C(C)C)cc1. The molecule has 0 spiro atoms. The van der Waals surface area contributed by atoms with E-state index in [1.165, 1.54) is 0 Å². The van der Waals surface area contributed by atoms with Crippen molar-refractivity contribution in [1.29, 1.82) is 0 Å². The van der Waals surface area contributed by atoms with Crippen molar-refractivity contribution in [3.8, 4) is 0 Å². The second kappa shape index (κ2) is 8.45. The Kier molecular flexibility index (Phi) is 6.53. The molecule has 6 heteroatoms. The molecule has 0 saturated carbocycles. The topological polar surface area (TPSA) is 62.6 Å². The highest BCUT2D eigenvalue weighted by Crippen LogP contribution is 2.17. The maximum Gasteiger partial charge on any atom is 0.283 e. The molecule has 0 aliphatic carbocycles. The summed E-state index contributed by atoms with van der Waals surface area (Å²) < 4.78 is 30.0. The fourth-order valence-electron chi connectivity index (χ4n) is 2.95. The zero-order valence-electron chi connectivity index (χ0n) is 16.0. The van der Waals surface area contributed by atoms with Crippen LogP contribution in [0.25, 0.3) is 0 Å². The van der Waals surface area contributed by atoms with Gasteiger partial charge < -0.3 is 4.90 Å². The maximum absolute atomic E-state index is 12.9. The van der Waals surface area contributed by atoms with E-state index in [2.05, 4.69) is 9.38 Å². The molecule has 0 aliphatic heterocycles. The Morgan fingerprint density at radius 2 is 1.69 bits per heavy atom. The minimum atomic E-state index is -3.78. The molecule has 0 N–H and O–H groups in total. The number of pyridine rings is 1. The number of sulfonamides is 1. The Labute approximate surface area is 156 Å². The Hall–Kier alpha value is -2.21. The van der Waals surface area contributed by atoms with Gasteiger partial charge in [0.05, 0.1) is 4.90 Å². The lowest BCUT2D eigenvalue weighted by Gasteiger charge is -2.33. The zero-order valence-corrected chi connectivity index (χ0v) is 16.9. The Balaban J connectivity index is 2.50. The molecule has 0 atom stereocenters. The third kappa shape index (κ3) is 5.14. The molecular formula is C20H27N3O2S. The van der Waals surface area contributed by atoms with Gasteiger partial charge in [-0.25, -0.2) is 0 Å². The smallest absolute Gasteiger partial charge is 0.283 e. The van der Waals surface area contributed by atoms with Gasteiger partial charge in [0.15, 0.2) is 0 Å². The largest absolute Gasteiger partial charge is 0.354 e. The summed E-state index contributed by atoms with van der Waals surface area (Å²) in [5, 5.41) is 0. The van der Waals surface area contributed by atoms with E-state index in [1.54, 1.807) is 36.7 Å². The van der Waals surface area contributed by atoms with Crippen LogP contribution in [0.2, 0.25) is 0 Å². The molecule has 0 saturated heterocycles. The molecule has 2 aromatic rings. The van der Waals surface area contributed by atoms with E-state index in [-0.39, 0.29) is 17.0 Å². The predicted molar refractivity (Wildman–Crippen MR) is 106 cm³/mol. The molecule has 26 heavy (non-hydrogen) atoms. The van der Waals surface area contributed by atoms with E-state index in [0.717, 1.165) is 11.1 Å². The predicted octanol–water partition coefficient (Wildman–Crippen LogP) is 3.84. The molecule has 0 amide bonds. The number of hydrogen-bond donors (Lipinski definition) is 0. The Morgan fingerprint density at radius 3 is 2.19 bits per heavy atom. The molecule has 1 aromatic heterocycles. The van der Waals surface area contributed by atoms with Gasteiger partial charge in [-0.1, -0.05) is 23.8 Å². The lowest BCUT2D eigenvalue weighted by atomic mass is 10.1. The quantitative estimate of drug-likeness (QED) is 0.570. The number of aromatic nitrogens is 1. The number of amidine groups is 1. The molecule has 2 rings (SSSR count). The molecular weight excluding hydrogens is 346 g/mol. The first-order chi connectivity index (χ1) is 12.2. The molecule has 1 heterocycles. The van der Waals surface area contributed by atoms with Crippen LogP contribution in [0.4, 0.5) is 0 Å². The number of benzene rings is 1. The third-order valence-corrected chi connectivity index (χ3v) is 5.36. The first-order valence-corrected chi connectivity index (χ1v) is 10.2. The molecule has 140 valence electrons. The van der Waals surface area contributed by atoms with Crippen LogP contribution in [0.15, 0.2) is 58.1 Å². The van der Waals surface area contributed by atoms with Crippen LogP contribution in [0.3, 0.4) is 0 Å². The minimum Gasteiger partial charge on any atom is -0.354 e. The fraction of sp³-hybridized carbons (Fsp3) is 0.400. The van der Waals surface area contributed by atoms with E-state index < -0.39 is 10.0 Å². The lowest BCUT2D eigenvalue weighted by molar-refractivity contribution is 0.288. The second-order valence-corrected chi connectivity index (χ2v) is 8.53. The Morgan fingerprint density at radius 1 is 1.08 bits per heavy atom. The molecule has 0 radical (unpaired) electrons. The number of hydrogen-bond acceptors (Lipinski definition) is 3. The summed E-state index contributed by atoms with van der Waals surface area (Å²) in [6.07, 6.45) is 3.86. The average molecular weight is 374 g/mol. The van der Waals surface area contributed by atoms with Crippen LogP contribution >= 0.6 is 0 Å². The van der Waals surface area contributed by atoms with Crippen molar-refractivity contribution in [2.75, 3.05) is 0 Å². The summed E-state index contributed by atoms with van der Waals surface area (Å²) in [5.74, 6) is 0.531. The summed E-state index contributed by atoms with van der Waals surface area (Å²) in [6.45, 7) is 10.1. The summed E-state index contributed by atoms with van der Waals surface area (Å²) in [4.78, 5) is 6.38. The van der Waals surface area contributed by atoms with Crippen molar-refractivity contribution >= 4 is 15.9 Å². The van der Waals surface area contributed by atoms with Gasteiger partial charge in [-0.15, -0.1) is 4.40 Å². The summed E-state index contributed by atoms with van der Waals surface area (Å²) in [6, 6.07) is 10.8. The van der Waals surface area contributed by atoms with Gasteiger partial charge in [0.2, 0.25) is 0 Å². The van der Waals surface area contributed by atoms with Crippen molar-refractivity contribution in [3.63, 3.8) is 0 Å². The van der Waals surface area contributed by atoms with Crippen molar-refractivity contribution in [2.24, 2.45) is 4.40 Å². The van der Waals surface area contributed by atoms with Crippen LogP contribution in [0, 0.1) is 6.92 Å². The highest BCUT2D eigenvalue weighted by molar-refractivity contribution is 7.90. The van der Waals surface area contributed by atoms with Gasteiger partial charge in [-0.3, -0.25) is 4.98 Å². The molecule has 1 aromatic carbocycles. The zero-order chi connectivity index (χ0) is 19.3. The standard InChI is InChI=1S/C20H27N3O2S/c1-15(2)23(16(3)4)20(13-18-7-6-12-21-14-18)22-26(24,25)19-10-8-17(5)9-11-19/h6-12,14-16H,13H2,1-5H3/b22-20-. The average Bonchev–Trinajstić information content (AvgIpc) is 2.55. The van der Waals surface area contributed by atoms with Gasteiger partial charge in [-0.2, -0.15) is 8.42 Å². The maximum atomic E-state index is 12.9. The summed E-state index contributed by atoms with van der Waals surface area (Å²) >= 11 is 0. The summed E-state index contributed by atoms with van der Waals surface area (Å²) in [5.41, 5.74) is 1.94. The molecule has 5 nitrogen and oxygen atoms in total. The van der Waals surface area contributed by atoms with Gasteiger partial charge in [0.1, 0.15) is 5.84 Å². The lowest BCUT2D eigenvalue weighted by Crippen LogP contribution is -2.43. The third-order valence-electron chi connectivity index (χ3n) is 4.04. The van der Waals surface area contributed by atoms with Crippen LogP contribution in [-0.2, 0) is 16.4 Å². The van der Waals surface area contributed by atoms with Crippen LogP contribution < -0.4 is 0 Å². The van der Waals surface area contributed by atoms with Crippen LogP contribution in [-0.4, -0.2) is 36.2 Å². The van der Waals surface area contributed by atoms with Crippen LogP contribution in [0.5, 0.6) is 0 Å². The normalized spacial score (nSPS) is 12.7. The van der Waals surface area contributed by atoms with E-state index in [1.807, 2.05) is 51.7 Å². The molecule has 0 unspecified atom stereocenters. The summed E-state index contributed by atoms with van der Waals surface area (Å²) in [7, 11) is -3.78. The van der Waals surface area contributed by atoms with E-state index in [0.29, 0.717) is 12.3 Å². The first kappa shape index (κ1) is 20.1. The van der Waals surface area contributed by atoms with Crippen molar-refractivity contribution in [1.82, 2.24) is 9.88 Å². The number of rotatable bonds is 6. The van der Waals surface area contributed by atoms with Crippen molar-refractivity contribution in [2.45, 2.75) is 58.0 Å². The Bertz CT molecular complexity index is 834. The highest BCUT2D eigenvalue weighted by atomic mass is 32.2. The van der Waals surface area contributed by atoms with E-state index >= 15 is 0 Å². The van der Waals surface area contributed by atoms with E-state index in [9.17, 15) is 8.42 Å². The van der Waals surface area contributed by atoms with Gasteiger partial charge >= 0.3 is 0 Å². The highest BCUT2D eigenvalue weighted by Gasteiger charge is 2.23. The van der Waals surface area contributed by atoms with Gasteiger partial charge in [-0.05, 0) is 58.4 Å². The second-order valence-electron chi connectivity index (χ2n) is 6.93.